The van der Waals surface area contributed by atoms with Crippen molar-refractivity contribution in [1.82, 2.24) is 24.9 Å². The zero-order valence-corrected chi connectivity index (χ0v) is 12.7. The standard InChI is InChI=1S/C15H11N5O2S/c21-15-19(17-18-20(15)12-5-2-1-3-6-12)10-11-9-13(22-16-11)14-7-4-8-23-14/h1-9H,10H2. The Bertz CT molecular complexity index is 969. The highest BCUT2D eigenvalue weighted by Crippen LogP contribution is 2.25. The fourth-order valence-corrected chi connectivity index (χ4v) is 2.85. The molecule has 0 radical (unpaired) electrons. The second kappa shape index (κ2) is 5.65. The number of thiophene rings is 1. The molecule has 0 unspecified atom stereocenters. The van der Waals surface area contributed by atoms with Gasteiger partial charge >= 0.3 is 5.69 Å². The minimum atomic E-state index is -0.322. The molecule has 7 nitrogen and oxygen atoms in total. The average molecular weight is 325 g/mol. The van der Waals surface area contributed by atoms with E-state index in [0.717, 1.165) is 4.88 Å². The zero-order valence-electron chi connectivity index (χ0n) is 11.9. The molecule has 0 saturated heterocycles. The van der Waals surface area contributed by atoms with Gasteiger partial charge in [0.1, 0.15) is 5.69 Å². The van der Waals surface area contributed by atoms with Crippen LogP contribution in [0.4, 0.5) is 0 Å². The highest BCUT2D eigenvalue weighted by molar-refractivity contribution is 7.13. The van der Waals surface area contributed by atoms with Crippen LogP contribution >= 0.6 is 11.3 Å². The highest BCUT2D eigenvalue weighted by Gasteiger charge is 2.12. The first-order valence-corrected chi connectivity index (χ1v) is 7.77. The SMILES string of the molecule is O=c1n(Cc2cc(-c3cccs3)on2)nnn1-c1ccccc1. The normalized spacial score (nSPS) is 11.0. The molecule has 3 aromatic heterocycles. The highest BCUT2D eigenvalue weighted by atomic mass is 32.1. The van der Waals surface area contributed by atoms with E-state index < -0.39 is 0 Å². The average Bonchev–Trinajstić information content (AvgIpc) is 3.31. The molecule has 0 saturated carbocycles. The monoisotopic (exact) mass is 325 g/mol. The Balaban J connectivity index is 1.61. The third-order valence-electron chi connectivity index (χ3n) is 3.27. The van der Waals surface area contributed by atoms with Crippen molar-refractivity contribution < 1.29 is 4.52 Å². The second-order valence-electron chi connectivity index (χ2n) is 4.83. The van der Waals surface area contributed by atoms with Gasteiger partial charge < -0.3 is 4.52 Å². The van der Waals surface area contributed by atoms with E-state index in [1.807, 2.05) is 35.7 Å². The van der Waals surface area contributed by atoms with E-state index in [0.29, 0.717) is 17.1 Å². The number of hydrogen-bond acceptors (Lipinski definition) is 6. The van der Waals surface area contributed by atoms with Crippen LogP contribution in [0, 0.1) is 0 Å². The molecule has 0 aliphatic carbocycles. The van der Waals surface area contributed by atoms with Crippen LogP contribution in [0.15, 0.2) is 63.2 Å². The van der Waals surface area contributed by atoms with Crippen LogP contribution in [0.25, 0.3) is 16.3 Å². The molecule has 4 aromatic rings. The minimum Gasteiger partial charge on any atom is -0.355 e. The summed E-state index contributed by atoms with van der Waals surface area (Å²) in [6.45, 7) is 0.209. The van der Waals surface area contributed by atoms with Gasteiger partial charge in [-0.1, -0.05) is 29.4 Å². The molecule has 8 heteroatoms. The van der Waals surface area contributed by atoms with Crippen molar-refractivity contribution in [1.29, 1.82) is 0 Å². The van der Waals surface area contributed by atoms with Crippen molar-refractivity contribution in [3.05, 3.63) is 70.1 Å². The molecule has 0 aliphatic heterocycles. The summed E-state index contributed by atoms with van der Waals surface area (Å²) < 4.78 is 7.81. The van der Waals surface area contributed by atoms with Crippen molar-refractivity contribution in [3.8, 4) is 16.3 Å². The number of tetrazole rings is 1. The largest absolute Gasteiger partial charge is 0.368 e. The molecule has 0 atom stereocenters. The van der Waals surface area contributed by atoms with Crippen molar-refractivity contribution in [3.63, 3.8) is 0 Å². The summed E-state index contributed by atoms with van der Waals surface area (Å²) in [4.78, 5) is 13.3. The molecule has 0 aliphatic rings. The minimum absolute atomic E-state index is 0.209. The van der Waals surface area contributed by atoms with Crippen LogP contribution in [0.3, 0.4) is 0 Å². The zero-order chi connectivity index (χ0) is 15.6. The first-order valence-electron chi connectivity index (χ1n) is 6.89. The number of para-hydroxylation sites is 1. The summed E-state index contributed by atoms with van der Waals surface area (Å²) in [7, 11) is 0. The fraction of sp³-hybridized carbons (Fsp3) is 0.0667. The Morgan fingerprint density at radius 3 is 2.74 bits per heavy atom. The topological polar surface area (TPSA) is 78.7 Å². The molecule has 1 aromatic carbocycles. The number of nitrogens with zero attached hydrogens (tertiary/aromatic N) is 5. The van der Waals surface area contributed by atoms with Gasteiger partial charge in [0, 0.05) is 6.07 Å². The maximum absolute atomic E-state index is 12.4. The molecule has 0 N–H and O–H groups in total. The third kappa shape index (κ3) is 2.59. The number of aromatic nitrogens is 5. The molecule has 0 fully saturated rings. The smallest absolute Gasteiger partial charge is 0.355 e. The van der Waals surface area contributed by atoms with Crippen LogP contribution < -0.4 is 5.69 Å². The van der Waals surface area contributed by atoms with Gasteiger partial charge in [0.2, 0.25) is 0 Å². The Hall–Kier alpha value is -3.00. The lowest BCUT2D eigenvalue weighted by atomic mass is 10.3. The predicted molar refractivity (Wildman–Crippen MR) is 84.5 cm³/mol. The summed E-state index contributed by atoms with van der Waals surface area (Å²) in [6.07, 6.45) is 0. The van der Waals surface area contributed by atoms with Gasteiger partial charge in [-0.15, -0.1) is 11.3 Å². The predicted octanol–water partition coefficient (Wildman–Crippen LogP) is 2.19. The number of benzene rings is 1. The molecule has 0 amide bonds. The lowest BCUT2D eigenvalue weighted by molar-refractivity contribution is 0.419. The van der Waals surface area contributed by atoms with Crippen molar-refractivity contribution >= 4 is 11.3 Å². The van der Waals surface area contributed by atoms with Crippen molar-refractivity contribution in [2.75, 3.05) is 0 Å². The molecule has 0 spiro atoms. The van der Waals surface area contributed by atoms with E-state index in [2.05, 4.69) is 15.6 Å². The van der Waals surface area contributed by atoms with Gasteiger partial charge in [0.25, 0.3) is 0 Å². The molecular formula is C15H11N5O2S. The Labute approximate surface area is 134 Å². The summed E-state index contributed by atoms with van der Waals surface area (Å²) >= 11 is 1.57. The van der Waals surface area contributed by atoms with Gasteiger partial charge in [-0.3, -0.25) is 0 Å². The van der Waals surface area contributed by atoms with Gasteiger partial charge in [-0.05, 0) is 34.0 Å². The molecule has 4 rings (SSSR count). The lowest BCUT2D eigenvalue weighted by Crippen LogP contribution is -2.24. The summed E-state index contributed by atoms with van der Waals surface area (Å²) in [5.41, 5.74) is 0.968. The van der Waals surface area contributed by atoms with Crippen molar-refractivity contribution in [2.24, 2.45) is 0 Å². The second-order valence-corrected chi connectivity index (χ2v) is 5.77. The van der Waals surface area contributed by atoms with Gasteiger partial charge in [0.15, 0.2) is 5.76 Å². The maximum atomic E-state index is 12.4. The van der Waals surface area contributed by atoms with E-state index in [9.17, 15) is 4.79 Å². The Morgan fingerprint density at radius 1 is 1.09 bits per heavy atom. The van der Waals surface area contributed by atoms with Crippen LogP contribution in [0.5, 0.6) is 0 Å². The van der Waals surface area contributed by atoms with E-state index in [1.54, 1.807) is 29.5 Å². The van der Waals surface area contributed by atoms with E-state index in [1.165, 1.54) is 9.36 Å². The third-order valence-corrected chi connectivity index (χ3v) is 4.16. The summed E-state index contributed by atoms with van der Waals surface area (Å²) in [5.74, 6) is 0.679. The number of hydrogen-bond donors (Lipinski definition) is 0. The van der Waals surface area contributed by atoms with Crippen LogP contribution in [-0.4, -0.2) is 24.9 Å². The summed E-state index contributed by atoms with van der Waals surface area (Å²) in [5, 5.41) is 13.7. The van der Waals surface area contributed by atoms with E-state index in [-0.39, 0.29) is 12.2 Å². The Morgan fingerprint density at radius 2 is 1.96 bits per heavy atom. The van der Waals surface area contributed by atoms with Crippen LogP contribution in [0.1, 0.15) is 5.69 Å². The van der Waals surface area contributed by atoms with Gasteiger partial charge in [-0.2, -0.15) is 9.36 Å². The van der Waals surface area contributed by atoms with E-state index in [4.69, 9.17) is 4.52 Å². The quantitative estimate of drug-likeness (QED) is 0.575. The molecule has 3 heterocycles. The first kappa shape index (κ1) is 13.6. The maximum Gasteiger partial charge on any atom is 0.368 e. The number of rotatable bonds is 4. The molecule has 23 heavy (non-hydrogen) atoms. The van der Waals surface area contributed by atoms with Crippen LogP contribution in [-0.2, 0) is 6.54 Å². The molecular weight excluding hydrogens is 314 g/mol. The first-order chi connectivity index (χ1) is 11.3. The lowest BCUT2D eigenvalue weighted by Gasteiger charge is -1.96. The summed E-state index contributed by atoms with van der Waals surface area (Å²) in [6, 6.07) is 14.8. The van der Waals surface area contributed by atoms with E-state index >= 15 is 0 Å². The van der Waals surface area contributed by atoms with Gasteiger partial charge in [0.05, 0.1) is 17.1 Å². The van der Waals surface area contributed by atoms with Crippen LogP contribution in [0.2, 0.25) is 0 Å². The molecule has 114 valence electrons. The fourth-order valence-electron chi connectivity index (χ4n) is 2.18. The molecule has 0 bridgehead atoms. The van der Waals surface area contributed by atoms with Gasteiger partial charge in [-0.25, -0.2) is 4.79 Å². The van der Waals surface area contributed by atoms with Crippen molar-refractivity contribution in [2.45, 2.75) is 6.54 Å². The Kier molecular flexibility index (Phi) is 3.35.